The van der Waals surface area contributed by atoms with Crippen LogP contribution in [0.25, 0.3) is 0 Å². The first-order valence-corrected chi connectivity index (χ1v) is 7.76. The molecule has 1 aliphatic heterocycles. The third-order valence-electron chi connectivity index (χ3n) is 5.71. The largest absolute Gasteiger partial charge is 0.469 e. The summed E-state index contributed by atoms with van der Waals surface area (Å²) in [4.78, 5) is 49.9. The highest BCUT2D eigenvalue weighted by atomic mass is 16.5. The van der Waals surface area contributed by atoms with Gasteiger partial charge in [0.15, 0.2) is 0 Å². The molecule has 7 nitrogen and oxygen atoms in total. The predicted octanol–water partition coefficient (Wildman–Crippen LogP) is 0.769. The number of hydrogen-bond acceptors (Lipinski definition) is 7. The molecule has 1 saturated carbocycles. The van der Waals surface area contributed by atoms with E-state index in [4.69, 9.17) is 9.47 Å². The van der Waals surface area contributed by atoms with Crippen LogP contribution in [0.3, 0.4) is 0 Å². The summed E-state index contributed by atoms with van der Waals surface area (Å²) in [6.07, 6.45) is 0.164. The number of methoxy groups -OCH3 is 2. The summed E-state index contributed by atoms with van der Waals surface area (Å²) in [5.41, 5.74) is -1.93. The van der Waals surface area contributed by atoms with Crippen molar-refractivity contribution >= 4 is 23.5 Å². The van der Waals surface area contributed by atoms with Crippen LogP contribution in [0, 0.1) is 17.3 Å². The van der Waals surface area contributed by atoms with Gasteiger partial charge >= 0.3 is 11.9 Å². The minimum Gasteiger partial charge on any atom is -0.469 e. The molecule has 0 aromatic heterocycles. The molecule has 0 aromatic carbocycles. The van der Waals surface area contributed by atoms with Crippen molar-refractivity contribution in [1.29, 1.82) is 0 Å². The molecule has 2 rings (SSSR count). The molecule has 1 aliphatic carbocycles. The van der Waals surface area contributed by atoms with Crippen molar-refractivity contribution < 1.29 is 28.7 Å². The predicted molar refractivity (Wildman–Crippen MR) is 83.7 cm³/mol. The summed E-state index contributed by atoms with van der Waals surface area (Å²) in [5.74, 6) is -3.35. The highest BCUT2D eigenvalue weighted by molar-refractivity contribution is 6.11. The number of carbonyl (C=O) groups is 4. The molecule has 7 heteroatoms. The first kappa shape index (κ1) is 18.2. The van der Waals surface area contributed by atoms with Gasteiger partial charge in [0, 0.05) is 11.6 Å². The van der Waals surface area contributed by atoms with E-state index in [0.717, 1.165) is 0 Å². The van der Waals surface area contributed by atoms with Gasteiger partial charge in [0.2, 0.25) is 0 Å². The number of esters is 2. The Morgan fingerprint density at radius 1 is 1.08 bits per heavy atom. The van der Waals surface area contributed by atoms with Gasteiger partial charge in [-0.15, -0.1) is 0 Å². The molecule has 0 unspecified atom stereocenters. The number of ether oxygens (including phenoxy) is 2. The molecule has 24 heavy (non-hydrogen) atoms. The van der Waals surface area contributed by atoms with Crippen LogP contribution in [-0.4, -0.2) is 43.3 Å². The fourth-order valence-electron chi connectivity index (χ4n) is 4.87. The maximum Gasteiger partial charge on any atom is 0.335 e. The Morgan fingerprint density at radius 2 is 1.62 bits per heavy atom. The van der Waals surface area contributed by atoms with E-state index in [2.05, 4.69) is 5.32 Å². The summed E-state index contributed by atoms with van der Waals surface area (Å²) < 4.78 is 9.72. The van der Waals surface area contributed by atoms with Crippen LogP contribution in [0.5, 0.6) is 0 Å². The second-order valence-electron chi connectivity index (χ2n) is 6.64. The van der Waals surface area contributed by atoms with E-state index >= 15 is 0 Å². The molecule has 0 spiro atoms. The van der Waals surface area contributed by atoms with Gasteiger partial charge in [-0.05, 0) is 34.1 Å². The van der Waals surface area contributed by atoms with E-state index in [-0.39, 0.29) is 23.6 Å². The topological polar surface area (TPSA) is 98.8 Å². The Bertz CT molecular complexity index is 650. The van der Waals surface area contributed by atoms with Crippen LogP contribution in [0.2, 0.25) is 0 Å². The second-order valence-corrected chi connectivity index (χ2v) is 6.64. The Morgan fingerprint density at radius 3 is 2.04 bits per heavy atom. The van der Waals surface area contributed by atoms with E-state index in [9.17, 15) is 19.2 Å². The van der Waals surface area contributed by atoms with Gasteiger partial charge in [-0.2, -0.15) is 0 Å². The van der Waals surface area contributed by atoms with Gasteiger partial charge in [0.05, 0.1) is 31.2 Å². The standard InChI is InChI=1S/C17H23NO6/c1-8-13(15(22)24-6)11-7-12(14(21)23-5)16(4,18-8)17(11,9(2)19)10(3)20/h11-12,18H,7H2,1-6H3/t11-,12-,16+/m1/s1. The number of rotatable bonds is 4. The molecule has 2 aliphatic rings. The van der Waals surface area contributed by atoms with Crippen molar-refractivity contribution in [2.45, 2.75) is 39.7 Å². The van der Waals surface area contributed by atoms with Crippen LogP contribution < -0.4 is 5.32 Å². The number of fused-ring (bicyclic) bond motifs is 2. The van der Waals surface area contributed by atoms with Crippen LogP contribution in [0.4, 0.5) is 0 Å². The number of nitrogens with one attached hydrogen (secondary N) is 1. The maximum absolute atomic E-state index is 12.7. The van der Waals surface area contributed by atoms with Crippen molar-refractivity contribution in [1.82, 2.24) is 5.32 Å². The highest BCUT2D eigenvalue weighted by Crippen LogP contribution is 2.60. The van der Waals surface area contributed by atoms with Crippen molar-refractivity contribution in [3.63, 3.8) is 0 Å². The first-order chi connectivity index (χ1) is 11.1. The number of ketones is 2. The summed E-state index contributed by atoms with van der Waals surface area (Å²) in [7, 11) is 2.51. The average Bonchev–Trinajstić information content (AvgIpc) is 2.69. The third kappa shape index (κ3) is 1.96. The smallest absolute Gasteiger partial charge is 0.335 e. The monoisotopic (exact) mass is 337 g/mol. The van der Waals surface area contributed by atoms with Crippen molar-refractivity contribution in [3.8, 4) is 0 Å². The lowest BCUT2D eigenvalue weighted by Crippen LogP contribution is -2.67. The average molecular weight is 337 g/mol. The fraction of sp³-hybridized carbons (Fsp3) is 0.647. The van der Waals surface area contributed by atoms with Crippen molar-refractivity contribution in [2.24, 2.45) is 17.3 Å². The molecular weight excluding hydrogens is 314 g/mol. The number of Topliss-reactive ketones (excluding diaryl/α,β-unsaturated/α-hetero) is 2. The summed E-state index contributed by atoms with van der Waals surface area (Å²) in [6, 6.07) is 0. The van der Waals surface area contributed by atoms with Crippen LogP contribution in [0.15, 0.2) is 11.3 Å². The molecular formula is C17H23NO6. The third-order valence-corrected chi connectivity index (χ3v) is 5.71. The van der Waals surface area contributed by atoms with Crippen molar-refractivity contribution in [2.75, 3.05) is 14.2 Å². The van der Waals surface area contributed by atoms with E-state index < -0.39 is 34.7 Å². The Hall–Kier alpha value is -2.18. The second kappa shape index (κ2) is 5.72. The molecule has 1 heterocycles. The van der Waals surface area contributed by atoms with E-state index in [1.165, 1.54) is 28.1 Å². The maximum atomic E-state index is 12.7. The van der Waals surface area contributed by atoms with E-state index in [1.54, 1.807) is 13.8 Å². The molecule has 0 saturated heterocycles. The quantitative estimate of drug-likeness (QED) is 0.597. The molecule has 3 atom stereocenters. The summed E-state index contributed by atoms with van der Waals surface area (Å²) in [5, 5.41) is 3.10. The molecule has 132 valence electrons. The van der Waals surface area contributed by atoms with Gasteiger partial charge in [-0.25, -0.2) is 4.79 Å². The summed E-state index contributed by atoms with van der Waals surface area (Å²) >= 11 is 0. The molecule has 1 fully saturated rings. The lowest BCUT2D eigenvalue weighted by Gasteiger charge is -2.49. The number of allylic oxidation sites excluding steroid dienone is 1. The minimum absolute atomic E-state index is 0.164. The molecule has 0 radical (unpaired) electrons. The molecule has 0 amide bonds. The Balaban J connectivity index is 2.80. The fourth-order valence-corrected chi connectivity index (χ4v) is 4.87. The molecule has 0 aromatic rings. The minimum atomic E-state index is -1.52. The number of carbonyl (C=O) groups excluding carboxylic acids is 4. The zero-order valence-electron chi connectivity index (χ0n) is 14.8. The van der Waals surface area contributed by atoms with E-state index in [0.29, 0.717) is 5.70 Å². The Kier molecular flexibility index (Phi) is 4.33. The normalized spacial score (nSPS) is 30.4. The number of hydrogen-bond donors (Lipinski definition) is 1. The summed E-state index contributed by atoms with van der Waals surface area (Å²) in [6.45, 7) is 6.00. The first-order valence-electron chi connectivity index (χ1n) is 7.76. The lowest BCUT2D eigenvalue weighted by atomic mass is 9.58. The zero-order valence-corrected chi connectivity index (χ0v) is 14.8. The molecule has 1 N–H and O–H groups in total. The van der Waals surface area contributed by atoms with Crippen LogP contribution in [0.1, 0.15) is 34.1 Å². The highest BCUT2D eigenvalue weighted by Gasteiger charge is 2.73. The van der Waals surface area contributed by atoms with Gasteiger partial charge in [0.25, 0.3) is 0 Å². The molecule has 2 bridgehead atoms. The SMILES string of the molecule is COC(=O)C1=C(C)N[C@@]2(C)[C@@H](C(=O)OC)C[C@H]1C2(C(C)=O)C(C)=O. The zero-order chi connectivity index (χ0) is 18.4. The van der Waals surface area contributed by atoms with Gasteiger partial charge in [-0.1, -0.05) is 0 Å². The lowest BCUT2D eigenvalue weighted by molar-refractivity contribution is -0.152. The van der Waals surface area contributed by atoms with Crippen LogP contribution >= 0.6 is 0 Å². The van der Waals surface area contributed by atoms with E-state index in [1.807, 2.05) is 0 Å². The Labute approximate surface area is 140 Å². The van der Waals surface area contributed by atoms with Gasteiger partial charge in [0.1, 0.15) is 17.0 Å². The van der Waals surface area contributed by atoms with Gasteiger partial charge in [-0.3, -0.25) is 14.4 Å². The van der Waals surface area contributed by atoms with Gasteiger partial charge < -0.3 is 14.8 Å². The van der Waals surface area contributed by atoms with Crippen molar-refractivity contribution in [3.05, 3.63) is 11.3 Å². The van der Waals surface area contributed by atoms with Crippen LogP contribution in [-0.2, 0) is 28.7 Å².